The van der Waals surface area contributed by atoms with Crippen molar-refractivity contribution in [3.63, 3.8) is 0 Å². The van der Waals surface area contributed by atoms with Crippen LogP contribution in [0.4, 0.5) is 0 Å². The Labute approximate surface area is 91.6 Å². The van der Waals surface area contributed by atoms with Crippen LogP contribution in [0.1, 0.15) is 30.2 Å². The molecule has 7 nitrogen and oxygen atoms in total. The molecule has 88 valence electrons. The van der Waals surface area contributed by atoms with E-state index in [0.717, 1.165) is 0 Å². The number of imidazole rings is 1. The number of nitrogens with one attached hydrogen (secondary N) is 1. The van der Waals surface area contributed by atoms with Crippen molar-refractivity contribution in [3.05, 3.63) is 11.5 Å². The number of hydrogen-bond donors (Lipinski definition) is 3. The number of aromatic hydroxyl groups is 1. The molecule has 7 heteroatoms. The number of carbonyl (C=O) groups is 2. The molecule has 0 saturated heterocycles. The van der Waals surface area contributed by atoms with Gasteiger partial charge in [0.25, 0.3) is 5.91 Å². The predicted molar refractivity (Wildman–Crippen MR) is 53.7 cm³/mol. The molecule has 0 unspecified atom stereocenters. The highest BCUT2D eigenvalue weighted by Crippen LogP contribution is 2.12. The van der Waals surface area contributed by atoms with Crippen LogP contribution in [0.25, 0.3) is 0 Å². The van der Waals surface area contributed by atoms with Crippen LogP contribution in [-0.2, 0) is 16.0 Å². The minimum atomic E-state index is -0.864. The second-order valence-corrected chi connectivity index (χ2v) is 3.46. The zero-order chi connectivity index (χ0) is 12.3. The van der Waals surface area contributed by atoms with Crippen molar-refractivity contribution in [2.45, 2.75) is 26.4 Å². The highest BCUT2D eigenvalue weighted by Gasteiger charge is 2.17. The van der Waals surface area contributed by atoms with E-state index in [-0.39, 0.29) is 24.0 Å². The Morgan fingerprint density at radius 2 is 2.19 bits per heavy atom. The number of ether oxygens (including phenoxy) is 1. The fourth-order valence-electron chi connectivity index (χ4n) is 1.11. The summed E-state index contributed by atoms with van der Waals surface area (Å²) in [6, 6.07) is 0. The zero-order valence-electron chi connectivity index (χ0n) is 8.98. The molecular formula is C9H13N3O4. The van der Waals surface area contributed by atoms with Crippen LogP contribution < -0.4 is 5.73 Å². The van der Waals surface area contributed by atoms with Gasteiger partial charge >= 0.3 is 5.97 Å². The molecule has 0 aliphatic heterocycles. The van der Waals surface area contributed by atoms with Crippen molar-refractivity contribution in [1.29, 1.82) is 0 Å². The lowest BCUT2D eigenvalue weighted by Gasteiger charge is -2.05. The van der Waals surface area contributed by atoms with Gasteiger partial charge in [0.1, 0.15) is 12.2 Å². The topological polar surface area (TPSA) is 118 Å². The van der Waals surface area contributed by atoms with Gasteiger partial charge in [-0.1, -0.05) is 0 Å². The number of primary amides is 1. The SMILES string of the molecule is CC(C)OC(=O)Cc1nc(C(N)=O)c(O)[nH]1. The molecule has 0 bridgehead atoms. The van der Waals surface area contributed by atoms with E-state index < -0.39 is 17.8 Å². The fourth-order valence-corrected chi connectivity index (χ4v) is 1.11. The van der Waals surface area contributed by atoms with Gasteiger partial charge in [0.2, 0.25) is 5.88 Å². The Morgan fingerprint density at radius 3 is 2.62 bits per heavy atom. The van der Waals surface area contributed by atoms with Crippen molar-refractivity contribution in [3.8, 4) is 5.88 Å². The van der Waals surface area contributed by atoms with E-state index in [9.17, 15) is 14.7 Å². The number of rotatable bonds is 4. The maximum atomic E-state index is 11.2. The summed E-state index contributed by atoms with van der Waals surface area (Å²) < 4.78 is 4.87. The second kappa shape index (κ2) is 4.65. The Hall–Kier alpha value is -2.05. The first-order chi connectivity index (χ1) is 7.40. The lowest BCUT2D eigenvalue weighted by atomic mass is 10.4. The molecule has 0 fully saturated rings. The van der Waals surface area contributed by atoms with Crippen LogP contribution in [0.15, 0.2) is 0 Å². The van der Waals surface area contributed by atoms with Crippen molar-refractivity contribution in [2.24, 2.45) is 5.73 Å². The third kappa shape index (κ3) is 2.97. The van der Waals surface area contributed by atoms with Crippen LogP contribution in [0.5, 0.6) is 5.88 Å². The van der Waals surface area contributed by atoms with Crippen molar-refractivity contribution >= 4 is 11.9 Å². The normalized spacial score (nSPS) is 10.4. The Bertz CT molecular complexity index is 411. The molecule has 0 aromatic carbocycles. The van der Waals surface area contributed by atoms with Gasteiger partial charge in [-0.25, -0.2) is 4.98 Å². The van der Waals surface area contributed by atoms with Crippen LogP contribution in [0, 0.1) is 0 Å². The average Bonchev–Trinajstić information content (AvgIpc) is 2.44. The molecular weight excluding hydrogens is 214 g/mol. The van der Waals surface area contributed by atoms with E-state index in [2.05, 4.69) is 9.97 Å². The summed E-state index contributed by atoms with van der Waals surface area (Å²) in [7, 11) is 0. The standard InChI is InChI=1S/C9H13N3O4/c1-4(2)16-6(13)3-5-11-7(8(10)14)9(15)12-5/h4,15H,3H2,1-2H3,(H2,10,14)(H,11,12). The van der Waals surface area contributed by atoms with Crippen molar-refractivity contribution in [1.82, 2.24) is 9.97 Å². The zero-order valence-corrected chi connectivity index (χ0v) is 8.98. The van der Waals surface area contributed by atoms with E-state index in [1.54, 1.807) is 13.8 Å². The molecule has 0 saturated carbocycles. The van der Waals surface area contributed by atoms with Gasteiger partial charge in [-0.2, -0.15) is 0 Å². The third-order valence-electron chi connectivity index (χ3n) is 1.65. The first-order valence-electron chi connectivity index (χ1n) is 4.67. The number of carbonyl (C=O) groups excluding carboxylic acids is 2. The van der Waals surface area contributed by atoms with Gasteiger partial charge in [0.05, 0.1) is 6.10 Å². The Balaban J connectivity index is 2.72. The van der Waals surface area contributed by atoms with Gasteiger partial charge in [-0.3, -0.25) is 9.59 Å². The molecule has 4 N–H and O–H groups in total. The number of esters is 1. The van der Waals surface area contributed by atoms with Crippen LogP contribution in [0.2, 0.25) is 0 Å². The summed E-state index contributed by atoms with van der Waals surface area (Å²) in [6.07, 6.45) is -0.384. The quantitative estimate of drug-likeness (QED) is 0.610. The molecule has 0 aliphatic carbocycles. The van der Waals surface area contributed by atoms with E-state index in [4.69, 9.17) is 10.5 Å². The van der Waals surface area contributed by atoms with Gasteiger partial charge in [0, 0.05) is 0 Å². The highest BCUT2D eigenvalue weighted by molar-refractivity contribution is 5.93. The molecule has 16 heavy (non-hydrogen) atoms. The minimum Gasteiger partial charge on any atom is -0.493 e. The molecule has 0 atom stereocenters. The van der Waals surface area contributed by atoms with Gasteiger partial charge < -0.3 is 20.6 Å². The highest BCUT2D eigenvalue weighted by atomic mass is 16.5. The molecule has 1 amide bonds. The second-order valence-electron chi connectivity index (χ2n) is 3.46. The molecule has 1 rings (SSSR count). The number of nitrogens with zero attached hydrogens (tertiary/aromatic N) is 1. The average molecular weight is 227 g/mol. The third-order valence-corrected chi connectivity index (χ3v) is 1.65. The van der Waals surface area contributed by atoms with E-state index in [1.807, 2.05) is 0 Å². The monoisotopic (exact) mass is 227 g/mol. The molecule has 1 heterocycles. The van der Waals surface area contributed by atoms with E-state index in [1.165, 1.54) is 0 Å². The summed E-state index contributed by atoms with van der Waals surface area (Å²) in [5, 5.41) is 9.23. The molecule has 1 aromatic heterocycles. The summed E-state index contributed by atoms with van der Waals surface area (Å²) in [6.45, 7) is 3.43. The molecule has 0 spiro atoms. The fraction of sp³-hybridized carbons (Fsp3) is 0.444. The van der Waals surface area contributed by atoms with Gasteiger partial charge in [-0.15, -0.1) is 0 Å². The summed E-state index contributed by atoms with van der Waals surface area (Å²) in [5.74, 6) is -1.67. The number of aromatic amines is 1. The van der Waals surface area contributed by atoms with E-state index in [0.29, 0.717) is 0 Å². The maximum Gasteiger partial charge on any atom is 0.313 e. The number of aromatic nitrogens is 2. The number of hydrogen-bond acceptors (Lipinski definition) is 5. The van der Waals surface area contributed by atoms with Crippen molar-refractivity contribution in [2.75, 3.05) is 0 Å². The predicted octanol–water partition coefficient (Wildman–Crippen LogP) is -0.292. The first-order valence-corrected chi connectivity index (χ1v) is 4.67. The van der Waals surface area contributed by atoms with Crippen LogP contribution in [-0.4, -0.2) is 33.1 Å². The Morgan fingerprint density at radius 1 is 1.56 bits per heavy atom. The Kier molecular flexibility index (Phi) is 3.49. The molecule has 1 aromatic rings. The lowest BCUT2D eigenvalue weighted by molar-refractivity contribution is -0.146. The van der Waals surface area contributed by atoms with Gasteiger partial charge in [0.15, 0.2) is 5.69 Å². The molecule has 0 aliphatic rings. The summed E-state index contributed by atoms with van der Waals surface area (Å²) in [4.78, 5) is 28.0. The van der Waals surface area contributed by atoms with Crippen LogP contribution in [0.3, 0.4) is 0 Å². The minimum absolute atomic E-state index is 0.136. The van der Waals surface area contributed by atoms with E-state index >= 15 is 0 Å². The number of nitrogens with two attached hydrogens (primary N) is 1. The number of amides is 1. The maximum absolute atomic E-state index is 11.2. The van der Waals surface area contributed by atoms with Crippen LogP contribution >= 0.6 is 0 Å². The smallest absolute Gasteiger partial charge is 0.313 e. The lowest BCUT2D eigenvalue weighted by Crippen LogP contribution is -2.15. The summed E-state index contributed by atoms with van der Waals surface area (Å²) in [5.41, 5.74) is 4.66. The van der Waals surface area contributed by atoms with Gasteiger partial charge in [-0.05, 0) is 13.8 Å². The largest absolute Gasteiger partial charge is 0.493 e. The first kappa shape index (κ1) is 12.0. The van der Waals surface area contributed by atoms with Crippen molar-refractivity contribution < 1.29 is 19.4 Å². The summed E-state index contributed by atoms with van der Waals surface area (Å²) >= 11 is 0. The molecule has 0 radical (unpaired) electrons. The number of H-pyrrole nitrogens is 1.